The molecule has 2 amide bonds. The van der Waals surface area contributed by atoms with Gasteiger partial charge in [0.1, 0.15) is 11.2 Å². The first-order valence-electron chi connectivity index (χ1n) is 15.1. The van der Waals surface area contributed by atoms with Crippen LogP contribution in [0.3, 0.4) is 0 Å². The Morgan fingerprint density at radius 1 is 1.00 bits per heavy atom. The molecule has 1 aliphatic rings. The molecule has 0 aliphatic carbocycles. The maximum absolute atomic E-state index is 14.0. The van der Waals surface area contributed by atoms with Gasteiger partial charge >= 0.3 is 23.2 Å². The summed E-state index contributed by atoms with van der Waals surface area (Å²) in [5, 5.41) is 24.8. The Hall–Kier alpha value is -4.45. The van der Waals surface area contributed by atoms with E-state index in [0.29, 0.717) is 27.5 Å². The van der Waals surface area contributed by atoms with Gasteiger partial charge in [0.15, 0.2) is 6.29 Å². The second-order valence-corrected chi connectivity index (χ2v) is 14.3. The molecule has 0 unspecified atom stereocenters. The summed E-state index contributed by atoms with van der Waals surface area (Å²) in [6.07, 6.45) is -6.70. The molecule has 3 aromatic rings. The Morgan fingerprint density at radius 2 is 1.64 bits per heavy atom. The van der Waals surface area contributed by atoms with Gasteiger partial charge in [-0.1, -0.05) is 35.1 Å². The molecule has 18 heteroatoms. The topological polar surface area (TPSA) is 165 Å². The minimum absolute atomic E-state index is 0.0360. The lowest BCUT2D eigenvalue weighted by Gasteiger charge is -2.26. The molecule has 1 aliphatic heterocycles. The van der Waals surface area contributed by atoms with Gasteiger partial charge in [-0.2, -0.15) is 28.9 Å². The number of ether oxygens (including phenoxy) is 2. The zero-order valence-electron chi connectivity index (χ0n) is 27.9. The molecular weight excluding hydrogens is 705 g/mol. The lowest BCUT2D eigenvalue weighted by molar-refractivity contribution is -0.138. The number of fused-ring (bicyclic) bond motifs is 1. The van der Waals surface area contributed by atoms with Crippen LogP contribution < -0.4 is 31.6 Å². The van der Waals surface area contributed by atoms with Crippen LogP contribution in [-0.2, 0) is 33.5 Å². The van der Waals surface area contributed by atoms with Crippen molar-refractivity contribution in [2.24, 2.45) is 10.2 Å². The molecule has 13 nitrogen and oxygen atoms in total. The van der Waals surface area contributed by atoms with Gasteiger partial charge in [0, 0.05) is 17.0 Å². The predicted octanol–water partition coefficient (Wildman–Crippen LogP) is 4.55. The van der Waals surface area contributed by atoms with Crippen molar-refractivity contribution >= 4 is 46.9 Å². The van der Waals surface area contributed by atoms with E-state index in [-0.39, 0.29) is 40.6 Å². The first kappa shape index (κ1) is 38.4. The van der Waals surface area contributed by atoms with Crippen LogP contribution in [0.4, 0.5) is 22.8 Å². The number of alkyl carbamates (subject to hydrolysis) is 2. The molecule has 4 N–H and O–H groups in total. The molecule has 0 spiro atoms. The lowest BCUT2D eigenvalue weighted by atomic mass is 9.96. The van der Waals surface area contributed by atoms with Gasteiger partial charge < -0.3 is 14.6 Å². The van der Waals surface area contributed by atoms with E-state index >= 15 is 0 Å². The fourth-order valence-electron chi connectivity index (χ4n) is 4.58. The van der Waals surface area contributed by atoms with Crippen LogP contribution in [0.25, 0.3) is 5.57 Å². The number of rotatable bonds is 10. The number of carbonyl (C=O) groups excluding carboxylic acids is 2. The first-order chi connectivity index (χ1) is 23.2. The van der Waals surface area contributed by atoms with Crippen LogP contribution in [0.15, 0.2) is 51.4 Å². The smallest absolute Gasteiger partial charge is 0.416 e. The number of alkyl halides is 3. The Bertz CT molecular complexity index is 1940. The highest BCUT2D eigenvalue weighted by Gasteiger charge is 2.34. The standard InChI is InChI=1S/C32H36ClF3N6O7S/c1-30(2,3)48-27(44)38-26(39-28(45)49-31(4,5)6)41-47-12-11-42-25(43)24(50-29(42)46)21(17-8-10-23-19(13-17)16-37-40-23)14-18-7-9-20(33)15-22(18)32(34,35)36/h7-10,13,15-16,26,41,43H,11-12,14H2,1-6H3,(H,38,44)(H,39,45). The second-order valence-electron chi connectivity index (χ2n) is 12.9. The van der Waals surface area contributed by atoms with E-state index in [9.17, 15) is 32.7 Å². The molecule has 0 bridgehead atoms. The summed E-state index contributed by atoms with van der Waals surface area (Å²) in [5.41, 5.74) is 0.493. The zero-order valence-corrected chi connectivity index (χ0v) is 29.5. The van der Waals surface area contributed by atoms with Gasteiger partial charge in [-0.15, -0.1) is 0 Å². The quantitative estimate of drug-likeness (QED) is 0.134. The van der Waals surface area contributed by atoms with Crippen molar-refractivity contribution in [3.8, 4) is 5.88 Å². The Morgan fingerprint density at radius 3 is 2.24 bits per heavy atom. The van der Waals surface area contributed by atoms with Crippen molar-refractivity contribution in [1.82, 2.24) is 20.7 Å². The van der Waals surface area contributed by atoms with Gasteiger partial charge in [0.2, 0.25) is 5.88 Å². The van der Waals surface area contributed by atoms with E-state index in [1.165, 1.54) is 18.3 Å². The average Bonchev–Trinajstić information content (AvgIpc) is 3.55. The van der Waals surface area contributed by atoms with E-state index < -0.39 is 52.2 Å². The second kappa shape index (κ2) is 15.2. The Balaban J connectivity index is 1.60. The van der Waals surface area contributed by atoms with E-state index in [1.807, 2.05) is 0 Å². The number of aromatic nitrogens is 1. The molecule has 0 fully saturated rings. The lowest BCUT2D eigenvalue weighted by Crippen LogP contribution is -2.58. The van der Waals surface area contributed by atoms with Crippen molar-refractivity contribution in [2.75, 3.05) is 6.61 Å². The minimum Gasteiger partial charge on any atom is -0.493 e. The van der Waals surface area contributed by atoms with Crippen molar-refractivity contribution in [3.05, 3.63) is 83.2 Å². The molecule has 0 atom stereocenters. The normalized spacial score (nSPS) is 13.5. The highest BCUT2D eigenvalue weighted by molar-refractivity contribution is 7.10. The van der Waals surface area contributed by atoms with E-state index in [2.05, 4.69) is 26.3 Å². The molecule has 0 radical (unpaired) electrons. The third-order valence-corrected chi connectivity index (χ3v) is 7.83. The fourth-order valence-corrected chi connectivity index (χ4v) is 5.73. The van der Waals surface area contributed by atoms with Crippen LogP contribution in [0, 0.1) is 0 Å². The summed E-state index contributed by atoms with van der Waals surface area (Å²) in [7, 11) is 0. The highest BCUT2D eigenvalue weighted by atomic mass is 35.5. The highest BCUT2D eigenvalue weighted by Crippen LogP contribution is 2.37. The largest absolute Gasteiger partial charge is 0.493 e. The molecule has 0 saturated carbocycles. The Labute approximate surface area is 293 Å². The number of benzene rings is 2. The van der Waals surface area contributed by atoms with Crippen LogP contribution in [0.2, 0.25) is 5.02 Å². The summed E-state index contributed by atoms with van der Waals surface area (Å²) in [4.78, 5) is 42.7. The summed E-state index contributed by atoms with van der Waals surface area (Å²) >= 11 is 6.54. The predicted molar refractivity (Wildman–Crippen MR) is 179 cm³/mol. The van der Waals surface area contributed by atoms with E-state index in [1.54, 1.807) is 59.7 Å². The monoisotopic (exact) mass is 740 g/mol. The summed E-state index contributed by atoms with van der Waals surface area (Å²) in [5.74, 6) is -0.504. The number of halogens is 4. The van der Waals surface area contributed by atoms with Gasteiger partial charge in [0.25, 0.3) is 0 Å². The van der Waals surface area contributed by atoms with Gasteiger partial charge in [-0.25, -0.2) is 9.59 Å². The van der Waals surface area contributed by atoms with Gasteiger partial charge in [-0.05, 0) is 82.2 Å². The molecule has 0 saturated heterocycles. The van der Waals surface area contributed by atoms with Crippen molar-refractivity contribution in [1.29, 1.82) is 0 Å². The molecular formula is C32H36ClF3N6O7S. The van der Waals surface area contributed by atoms with Crippen LogP contribution in [0.5, 0.6) is 5.88 Å². The molecule has 2 heterocycles. The van der Waals surface area contributed by atoms with Gasteiger partial charge in [0.05, 0.1) is 35.2 Å². The molecule has 270 valence electrons. The summed E-state index contributed by atoms with van der Waals surface area (Å²) in [6.45, 7) is 9.36. The van der Waals surface area contributed by atoms with Gasteiger partial charge in [-0.3, -0.25) is 24.8 Å². The van der Waals surface area contributed by atoms with Crippen LogP contribution >= 0.6 is 22.9 Å². The maximum atomic E-state index is 14.0. The number of hydroxylamine groups is 1. The van der Waals surface area contributed by atoms with Crippen molar-refractivity contribution in [3.63, 3.8) is 0 Å². The summed E-state index contributed by atoms with van der Waals surface area (Å²) in [6, 6.07) is 8.31. The third kappa shape index (κ3) is 10.5. The molecule has 1 aromatic heterocycles. The molecule has 2 aromatic carbocycles. The maximum Gasteiger partial charge on any atom is 0.416 e. The summed E-state index contributed by atoms with van der Waals surface area (Å²) < 4.78 is 53.6. The SMILES string of the molecule is CC(C)(C)OC(=O)NC(NOCCn1c(O)c(C(Cc2ccc(Cl)cc2C(F)(F)F)=c2ccc3c(c2)C=NN=3)sc1=O)NC(=O)OC(C)(C)C. The fraction of sp³-hybridized carbons (Fsp3) is 0.406. The van der Waals surface area contributed by atoms with Crippen molar-refractivity contribution < 1.29 is 42.2 Å². The number of nitrogens with one attached hydrogen (secondary N) is 3. The molecule has 50 heavy (non-hydrogen) atoms. The average molecular weight is 741 g/mol. The first-order valence-corrected chi connectivity index (χ1v) is 16.3. The number of thiazole rings is 1. The number of hydrogen-bond acceptors (Lipinski definition) is 11. The van der Waals surface area contributed by atoms with E-state index in [4.69, 9.17) is 25.9 Å². The van der Waals surface area contributed by atoms with Crippen molar-refractivity contribution in [2.45, 2.75) is 78.2 Å². The van der Waals surface area contributed by atoms with Crippen LogP contribution in [0.1, 0.15) is 63.1 Å². The molecule has 4 rings (SSSR count). The number of aromatic hydroxyl groups is 1. The third-order valence-electron chi connectivity index (χ3n) is 6.57. The number of carbonyl (C=O) groups is 2. The zero-order chi connectivity index (χ0) is 37.0. The number of amides is 2. The van der Waals surface area contributed by atoms with Crippen LogP contribution in [-0.4, -0.2) is 52.2 Å². The van der Waals surface area contributed by atoms with E-state index in [0.717, 1.165) is 10.6 Å². The minimum atomic E-state index is -4.73. The number of hydrogen-bond donors (Lipinski definition) is 4. The number of nitrogens with zero attached hydrogens (tertiary/aromatic N) is 3. The Kier molecular flexibility index (Phi) is 11.7.